The zero-order chi connectivity index (χ0) is 7.11. The van der Waals surface area contributed by atoms with Gasteiger partial charge in [-0.2, -0.15) is 0 Å². The summed E-state index contributed by atoms with van der Waals surface area (Å²) in [5.74, 6) is 0. The summed E-state index contributed by atoms with van der Waals surface area (Å²) in [6.07, 6.45) is 0. The Hall–Kier alpha value is 0.0506. The Balaban J connectivity index is 3.30. The molecule has 0 fully saturated rings. The van der Waals surface area contributed by atoms with Crippen LogP contribution in [0.15, 0.2) is 24.6 Å². The molecule has 0 N–H and O–H groups in total. The first-order valence-corrected chi connectivity index (χ1v) is 6.48. The second-order valence-electron chi connectivity index (χ2n) is 1.51. The fourth-order valence-electron chi connectivity index (χ4n) is 0.379. The summed E-state index contributed by atoms with van der Waals surface area (Å²) in [5, 5.41) is 0. The Bertz CT molecular complexity index is 87.8. The molecule has 0 spiro atoms. The highest BCUT2D eigenvalue weighted by atomic mass is 28.4. The van der Waals surface area contributed by atoms with Crippen molar-refractivity contribution < 1.29 is 8.23 Å². The Labute approximate surface area is 62.9 Å². The minimum absolute atomic E-state index is 0.667. The van der Waals surface area contributed by atoms with E-state index in [1.165, 1.54) is 0 Å². The van der Waals surface area contributed by atoms with E-state index in [4.69, 9.17) is 8.23 Å². The van der Waals surface area contributed by atoms with Crippen molar-refractivity contribution in [2.24, 2.45) is 0 Å². The van der Waals surface area contributed by atoms with Gasteiger partial charge in [0.05, 0.1) is 0 Å². The quantitative estimate of drug-likeness (QED) is 0.474. The van der Waals surface area contributed by atoms with Gasteiger partial charge in [0.15, 0.2) is 0 Å². The van der Waals surface area contributed by atoms with Crippen molar-refractivity contribution in [2.45, 2.75) is 0 Å². The van der Waals surface area contributed by atoms with Crippen LogP contribution in [0, 0.1) is 0 Å². The van der Waals surface area contributed by atoms with E-state index in [-0.39, 0.29) is 0 Å². The summed E-state index contributed by atoms with van der Waals surface area (Å²) in [6, 6.07) is 0. The van der Waals surface area contributed by atoms with Crippen LogP contribution in [0.5, 0.6) is 0 Å². The summed E-state index contributed by atoms with van der Waals surface area (Å²) in [7, 11) is -1.10. The number of rotatable bonds is 5. The molecule has 0 heterocycles. The molecular formula is C4H12O2Si3. The molecule has 0 aromatic rings. The molecule has 0 unspecified atom stereocenters. The molecule has 0 aliphatic heterocycles. The third-order valence-electron chi connectivity index (χ3n) is 0.843. The van der Waals surface area contributed by atoms with Crippen LogP contribution < -0.4 is 0 Å². The van der Waals surface area contributed by atoms with E-state index in [1.54, 1.807) is 0 Å². The maximum atomic E-state index is 5.34. The predicted octanol–water partition coefficient (Wildman–Crippen LogP) is -1.53. The lowest BCUT2D eigenvalue weighted by Crippen LogP contribution is -2.16. The summed E-state index contributed by atoms with van der Waals surface area (Å²) in [6.45, 7) is 7.26. The standard InChI is InChI=1S/C4H12O2Si3/c1-3-9(4-2)6-8-5-7/h3-4,9H,1-2,8H2,7H3. The van der Waals surface area contributed by atoms with E-state index in [9.17, 15) is 0 Å². The second kappa shape index (κ2) is 6.17. The van der Waals surface area contributed by atoms with Crippen LogP contribution in [0.25, 0.3) is 0 Å². The van der Waals surface area contributed by atoms with Crippen molar-refractivity contribution in [3.05, 3.63) is 24.6 Å². The predicted molar refractivity (Wildman–Crippen MR) is 48.2 cm³/mol. The van der Waals surface area contributed by atoms with Gasteiger partial charge in [0.1, 0.15) is 10.5 Å². The van der Waals surface area contributed by atoms with E-state index in [0.717, 1.165) is 10.5 Å². The van der Waals surface area contributed by atoms with Crippen molar-refractivity contribution in [3.63, 3.8) is 0 Å². The van der Waals surface area contributed by atoms with Crippen LogP contribution in [0.2, 0.25) is 0 Å². The lowest BCUT2D eigenvalue weighted by Gasteiger charge is -2.04. The van der Waals surface area contributed by atoms with Gasteiger partial charge >= 0.3 is 0 Å². The highest BCUT2D eigenvalue weighted by molar-refractivity contribution is 6.67. The molecule has 0 aromatic heterocycles. The van der Waals surface area contributed by atoms with Gasteiger partial charge in [0.2, 0.25) is 9.04 Å². The highest BCUT2D eigenvalue weighted by Crippen LogP contribution is 1.85. The normalized spacial score (nSPS) is 11.2. The molecule has 0 aromatic carbocycles. The van der Waals surface area contributed by atoms with Crippen LogP contribution in [-0.4, -0.2) is 29.5 Å². The van der Waals surface area contributed by atoms with Crippen molar-refractivity contribution in [1.29, 1.82) is 0 Å². The fourth-order valence-corrected chi connectivity index (χ4v) is 4.06. The summed E-state index contributed by atoms with van der Waals surface area (Å²) in [4.78, 5) is 0. The van der Waals surface area contributed by atoms with E-state index < -0.39 is 19.0 Å². The molecule has 0 saturated carbocycles. The zero-order valence-electron chi connectivity index (χ0n) is 5.67. The van der Waals surface area contributed by atoms with Crippen LogP contribution in [0.3, 0.4) is 0 Å². The Morgan fingerprint density at radius 3 is 2.33 bits per heavy atom. The van der Waals surface area contributed by atoms with Gasteiger partial charge in [-0.05, 0) is 0 Å². The largest absolute Gasteiger partial charge is 0.449 e. The van der Waals surface area contributed by atoms with Gasteiger partial charge < -0.3 is 8.23 Å². The first-order valence-electron chi connectivity index (χ1n) is 2.70. The first kappa shape index (κ1) is 9.05. The van der Waals surface area contributed by atoms with E-state index >= 15 is 0 Å². The molecular weight excluding hydrogens is 164 g/mol. The van der Waals surface area contributed by atoms with Gasteiger partial charge in [0.25, 0.3) is 10.0 Å². The second-order valence-corrected chi connectivity index (χ2v) is 7.26. The molecule has 0 bridgehead atoms. The van der Waals surface area contributed by atoms with Crippen LogP contribution in [-0.2, 0) is 8.23 Å². The maximum absolute atomic E-state index is 5.34. The van der Waals surface area contributed by atoms with Gasteiger partial charge in [-0.25, -0.2) is 0 Å². The minimum atomic E-state index is -1.22. The smallest absolute Gasteiger partial charge is 0.283 e. The third kappa shape index (κ3) is 4.55. The molecule has 5 heteroatoms. The summed E-state index contributed by atoms with van der Waals surface area (Å²) >= 11 is 0. The van der Waals surface area contributed by atoms with Crippen LogP contribution in [0.4, 0.5) is 0 Å². The monoisotopic (exact) mass is 176 g/mol. The lowest BCUT2D eigenvalue weighted by molar-refractivity contribution is 0.500. The van der Waals surface area contributed by atoms with Gasteiger partial charge in [-0.1, -0.05) is 11.4 Å². The third-order valence-corrected chi connectivity index (χ3v) is 4.80. The van der Waals surface area contributed by atoms with Crippen LogP contribution >= 0.6 is 0 Å². The molecule has 0 atom stereocenters. The average molecular weight is 176 g/mol. The molecule has 0 saturated heterocycles. The topological polar surface area (TPSA) is 18.5 Å². The molecule has 0 radical (unpaired) electrons. The van der Waals surface area contributed by atoms with Crippen LogP contribution in [0.1, 0.15) is 0 Å². The van der Waals surface area contributed by atoms with E-state index in [2.05, 4.69) is 13.2 Å². The molecule has 52 valence electrons. The number of hydrogen-bond donors (Lipinski definition) is 0. The van der Waals surface area contributed by atoms with Crippen molar-refractivity contribution in [1.82, 2.24) is 0 Å². The number of hydrogen-bond acceptors (Lipinski definition) is 2. The summed E-state index contributed by atoms with van der Waals surface area (Å²) in [5.41, 5.74) is 3.70. The van der Waals surface area contributed by atoms with Gasteiger partial charge in [-0.15, -0.1) is 13.2 Å². The molecule has 0 aliphatic rings. The molecule has 0 rings (SSSR count). The van der Waals surface area contributed by atoms with Gasteiger partial charge in [-0.3, -0.25) is 0 Å². The Morgan fingerprint density at radius 2 is 2.00 bits per heavy atom. The molecule has 2 nitrogen and oxygen atoms in total. The Kier molecular flexibility index (Phi) is 6.21. The molecule has 0 amide bonds. The van der Waals surface area contributed by atoms with Crippen molar-refractivity contribution in [2.75, 3.05) is 0 Å². The van der Waals surface area contributed by atoms with Crippen molar-refractivity contribution in [3.8, 4) is 0 Å². The SMILES string of the molecule is C=C[SiH](C=C)O[SiH2]O[SiH3]. The minimum Gasteiger partial charge on any atom is -0.449 e. The molecule has 0 aliphatic carbocycles. The van der Waals surface area contributed by atoms with E-state index in [1.807, 2.05) is 11.4 Å². The van der Waals surface area contributed by atoms with Gasteiger partial charge in [0, 0.05) is 0 Å². The highest BCUT2D eigenvalue weighted by Gasteiger charge is 1.97. The Morgan fingerprint density at radius 1 is 1.44 bits per heavy atom. The fraction of sp³-hybridized carbons (Fsp3) is 0. The maximum Gasteiger partial charge on any atom is 0.283 e. The van der Waals surface area contributed by atoms with E-state index in [0.29, 0.717) is 0 Å². The molecule has 9 heavy (non-hydrogen) atoms. The lowest BCUT2D eigenvalue weighted by atomic mass is 11.2. The average Bonchev–Trinajstić information content (AvgIpc) is 1.91. The van der Waals surface area contributed by atoms with Crippen molar-refractivity contribution >= 4 is 29.5 Å². The zero-order valence-corrected chi connectivity index (χ0v) is 10.2. The first-order chi connectivity index (χ1) is 4.35. The summed E-state index contributed by atoms with van der Waals surface area (Å²) < 4.78 is 10.3.